The molecule has 0 amide bonds. The first-order valence-electron chi connectivity index (χ1n) is 4.58. The molecule has 1 N–H and O–H groups in total. The maximum absolute atomic E-state index is 5.23. The quantitative estimate of drug-likeness (QED) is 0.470. The molecule has 0 radical (unpaired) electrons. The first-order chi connectivity index (χ1) is 5.74. The summed E-state index contributed by atoms with van der Waals surface area (Å²) >= 11 is 0. The SMILES string of the molecule is C#CCC(CC)NCC(=C)CC. The molecule has 0 aromatic heterocycles. The van der Waals surface area contributed by atoms with Gasteiger partial charge in [-0.1, -0.05) is 26.0 Å². The summed E-state index contributed by atoms with van der Waals surface area (Å²) in [7, 11) is 0. The Morgan fingerprint density at radius 3 is 2.67 bits per heavy atom. The average Bonchev–Trinajstić information content (AvgIpc) is 2.11. The van der Waals surface area contributed by atoms with E-state index < -0.39 is 0 Å². The van der Waals surface area contributed by atoms with Crippen LogP contribution in [0, 0.1) is 12.3 Å². The Morgan fingerprint density at radius 2 is 2.25 bits per heavy atom. The molecule has 12 heavy (non-hydrogen) atoms. The lowest BCUT2D eigenvalue weighted by Crippen LogP contribution is -2.29. The topological polar surface area (TPSA) is 12.0 Å². The van der Waals surface area contributed by atoms with E-state index in [9.17, 15) is 0 Å². The molecule has 0 aromatic rings. The van der Waals surface area contributed by atoms with E-state index in [1.165, 1.54) is 5.57 Å². The van der Waals surface area contributed by atoms with Crippen molar-refractivity contribution in [1.29, 1.82) is 0 Å². The zero-order chi connectivity index (χ0) is 9.40. The summed E-state index contributed by atoms with van der Waals surface area (Å²) in [5.74, 6) is 2.67. The van der Waals surface area contributed by atoms with Gasteiger partial charge in [-0.3, -0.25) is 0 Å². The first-order valence-corrected chi connectivity index (χ1v) is 4.58. The molecule has 1 nitrogen and oxygen atoms in total. The molecule has 0 spiro atoms. The van der Waals surface area contributed by atoms with E-state index in [1.807, 2.05) is 0 Å². The van der Waals surface area contributed by atoms with Gasteiger partial charge in [0.1, 0.15) is 0 Å². The molecule has 0 aliphatic rings. The minimum absolute atomic E-state index is 0.457. The van der Waals surface area contributed by atoms with E-state index in [-0.39, 0.29) is 0 Å². The van der Waals surface area contributed by atoms with Crippen molar-refractivity contribution in [3.63, 3.8) is 0 Å². The highest BCUT2D eigenvalue weighted by atomic mass is 14.9. The third-order valence-electron chi connectivity index (χ3n) is 2.00. The summed E-state index contributed by atoms with van der Waals surface area (Å²) in [6.45, 7) is 9.08. The predicted molar refractivity (Wildman–Crippen MR) is 55.0 cm³/mol. The predicted octanol–water partition coefficient (Wildman–Crippen LogP) is 2.34. The number of terminal acetylenes is 1. The molecule has 0 heterocycles. The summed E-state index contributed by atoms with van der Waals surface area (Å²) < 4.78 is 0. The second kappa shape index (κ2) is 6.94. The largest absolute Gasteiger partial charge is 0.309 e. The summed E-state index contributed by atoms with van der Waals surface area (Å²) in [6.07, 6.45) is 8.17. The van der Waals surface area contributed by atoms with Crippen molar-refractivity contribution in [3.05, 3.63) is 12.2 Å². The smallest absolute Gasteiger partial charge is 0.0240 e. The van der Waals surface area contributed by atoms with Gasteiger partial charge >= 0.3 is 0 Å². The molecule has 1 heteroatoms. The highest BCUT2D eigenvalue weighted by Gasteiger charge is 2.02. The van der Waals surface area contributed by atoms with Crippen LogP contribution >= 0.6 is 0 Å². The van der Waals surface area contributed by atoms with Crippen LogP contribution in [0.4, 0.5) is 0 Å². The van der Waals surface area contributed by atoms with Crippen LogP contribution in [0.1, 0.15) is 33.1 Å². The molecular weight excluding hydrogens is 146 g/mol. The van der Waals surface area contributed by atoms with Crippen molar-refractivity contribution < 1.29 is 0 Å². The Kier molecular flexibility index (Phi) is 6.51. The minimum atomic E-state index is 0.457. The van der Waals surface area contributed by atoms with Gasteiger partial charge in [0.2, 0.25) is 0 Å². The highest BCUT2D eigenvalue weighted by molar-refractivity contribution is 4.97. The molecule has 0 bridgehead atoms. The molecule has 68 valence electrons. The van der Waals surface area contributed by atoms with E-state index >= 15 is 0 Å². The van der Waals surface area contributed by atoms with E-state index in [0.717, 1.165) is 25.8 Å². The number of hydrogen-bond donors (Lipinski definition) is 1. The van der Waals surface area contributed by atoms with E-state index in [4.69, 9.17) is 6.42 Å². The lowest BCUT2D eigenvalue weighted by Gasteiger charge is -2.14. The zero-order valence-electron chi connectivity index (χ0n) is 8.19. The molecular formula is C11H19N. The van der Waals surface area contributed by atoms with Gasteiger partial charge in [0.25, 0.3) is 0 Å². The van der Waals surface area contributed by atoms with Crippen molar-refractivity contribution in [2.45, 2.75) is 39.2 Å². The summed E-state index contributed by atoms with van der Waals surface area (Å²) in [5.41, 5.74) is 1.24. The van der Waals surface area contributed by atoms with E-state index in [2.05, 4.69) is 31.7 Å². The van der Waals surface area contributed by atoms with Crippen molar-refractivity contribution in [1.82, 2.24) is 5.32 Å². The van der Waals surface area contributed by atoms with Crippen molar-refractivity contribution in [3.8, 4) is 12.3 Å². The van der Waals surface area contributed by atoms with Gasteiger partial charge in [-0.2, -0.15) is 0 Å². The Morgan fingerprint density at radius 1 is 1.58 bits per heavy atom. The van der Waals surface area contributed by atoms with Crippen molar-refractivity contribution >= 4 is 0 Å². The molecule has 0 aromatic carbocycles. The lowest BCUT2D eigenvalue weighted by atomic mass is 10.1. The van der Waals surface area contributed by atoms with Crippen molar-refractivity contribution in [2.24, 2.45) is 0 Å². The molecule has 0 aliphatic carbocycles. The Labute approximate surface area is 76.2 Å². The van der Waals surface area contributed by atoms with Gasteiger partial charge in [-0.25, -0.2) is 0 Å². The fourth-order valence-corrected chi connectivity index (χ4v) is 0.917. The van der Waals surface area contributed by atoms with Gasteiger partial charge in [0.05, 0.1) is 0 Å². The minimum Gasteiger partial charge on any atom is -0.309 e. The average molecular weight is 165 g/mol. The molecule has 0 saturated carbocycles. The zero-order valence-corrected chi connectivity index (χ0v) is 8.19. The fraction of sp³-hybridized carbons (Fsp3) is 0.636. The van der Waals surface area contributed by atoms with Crippen LogP contribution < -0.4 is 5.32 Å². The van der Waals surface area contributed by atoms with Crippen LogP contribution in [0.5, 0.6) is 0 Å². The van der Waals surface area contributed by atoms with Crippen LogP contribution in [-0.4, -0.2) is 12.6 Å². The fourth-order valence-electron chi connectivity index (χ4n) is 0.917. The Bertz CT molecular complexity index is 164. The first kappa shape index (κ1) is 11.3. The molecule has 1 unspecified atom stereocenters. The maximum Gasteiger partial charge on any atom is 0.0240 e. The molecule has 1 atom stereocenters. The van der Waals surface area contributed by atoms with Crippen LogP contribution in [0.25, 0.3) is 0 Å². The van der Waals surface area contributed by atoms with Gasteiger partial charge in [-0.05, 0) is 12.8 Å². The monoisotopic (exact) mass is 165 g/mol. The second-order valence-corrected chi connectivity index (χ2v) is 3.00. The summed E-state index contributed by atoms with van der Waals surface area (Å²) in [6, 6.07) is 0.457. The van der Waals surface area contributed by atoms with Crippen LogP contribution in [-0.2, 0) is 0 Å². The van der Waals surface area contributed by atoms with Gasteiger partial charge in [0, 0.05) is 19.0 Å². The molecule has 0 fully saturated rings. The Balaban J connectivity index is 3.59. The maximum atomic E-state index is 5.23. The lowest BCUT2D eigenvalue weighted by molar-refractivity contribution is 0.527. The van der Waals surface area contributed by atoms with E-state index in [0.29, 0.717) is 6.04 Å². The second-order valence-electron chi connectivity index (χ2n) is 3.00. The normalized spacial score (nSPS) is 12.1. The molecule has 0 rings (SSSR count). The summed E-state index contributed by atoms with van der Waals surface area (Å²) in [4.78, 5) is 0. The van der Waals surface area contributed by atoms with Gasteiger partial charge < -0.3 is 5.32 Å². The third-order valence-corrected chi connectivity index (χ3v) is 2.00. The summed E-state index contributed by atoms with van der Waals surface area (Å²) in [5, 5.41) is 3.38. The number of nitrogens with one attached hydrogen (secondary N) is 1. The van der Waals surface area contributed by atoms with Gasteiger partial charge in [-0.15, -0.1) is 12.3 Å². The molecule has 0 aliphatic heterocycles. The van der Waals surface area contributed by atoms with Crippen LogP contribution in [0.15, 0.2) is 12.2 Å². The Hall–Kier alpha value is -0.740. The van der Waals surface area contributed by atoms with Crippen LogP contribution in [0.2, 0.25) is 0 Å². The van der Waals surface area contributed by atoms with Crippen molar-refractivity contribution in [2.75, 3.05) is 6.54 Å². The number of hydrogen-bond acceptors (Lipinski definition) is 1. The van der Waals surface area contributed by atoms with E-state index in [1.54, 1.807) is 0 Å². The van der Waals surface area contributed by atoms with Gasteiger partial charge in [0.15, 0.2) is 0 Å². The number of rotatable bonds is 6. The standard InChI is InChI=1S/C11H19N/c1-5-8-11(7-3)12-9-10(4)6-2/h1,11-12H,4,6-9H2,2-3H3. The third kappa shape index (κ3) is 4.98. The highest BCUT2D eigenvalue weighted by Crippen LogP contribution is 1.99. The van der Waals surface area contributed by atoms with Crippen LogP contribution in [0.3, 0.4) is 0 Å². The molecule has 0 saturated heterocycles.